The smallest absolute Gasteiger partial charge is 0.124 e. The van der Waals surface area contributed by atoms with Crippen LogP contribution in [0, 0.1) is 27.7 Å². The van der Waals surface area contributed by atoms with Crippen molar-refractivity contribution in [1.82, 2.24) is 0 Å². The Labute approximate surface area is 128 Å². The molecule has 2 aromatic rings. The summed E-state index contributed by atoms with van der Waals surface area (Å²) in [5.74, 6) is 0.942. The molecular formula is C19H25NO. The summed E-state index contributed by atoms with van der Waals surface area (Å²) in [4.78, 5) is 0. The Bertz CT molecular complexity index is 623. The summed E-state index contributed by atoms with van der Waals surface area (Å²) >= 11 is 0. The molecule has 2 rings (SSSR count). The molecule has 2 heteroatoms. The van der Waals surface area contributed by atoms with Crippen LogP contribution in [0.15, 0.2) is 30.3 Å². The average Bonchev–Trinajstić information content (AvgIpc) is 2.42. The minimum absolute atomic E-state index is 0.195. The van der Waals surface area contributed by atoms with Gasteiger partial charge in [-0.25, -0.2) is 0 Å². The molecule has 21 heavy (non-hydrogen) atoms. The summed E-state index contributed by atoms with van der Waals surface area (Å²) < 4.78 is 5.52. The van der Waals surface area contributed by atoms with Gasteiger partial charge in [0.05, 0.1) is 13.2 Å². The molecule has 1 unspecified atom stereocenters. The molecule has 0 aliphatic rings. The number of hydrogen-bond donors (Lipinski definition) is 1. The van der Waals surface area contributed by atoms with E-state index < -0.39 is 0 Å². The monoisotopic (exact) mass is 283 g/mol. The zero-order chi connectivity index (χ0) is 15.6. The minimum atomic E-state index is 0.195. The second-order valence-corrected chi connectivity index (χ2v) is 5.89. The Kier molecular flexibility index (Phi) is 4.56. The van der Waals surface area contributed by atoms with Crippen LogP contribution in [-0.2, 0) is 0 Å². The summed E-state index contributed by atoms with van der Waals surface area (Å²) in [6.45, 7) is 10.7. The highest BCUT2D eigenvalue weighted by molar-refractivity contribution is 5.59. The summed E-state index contributed by atoms with van der Waals surface area (Å²) in [7, 11) is 1.73. The van der Waals surface area contributed by atoms with E-state index in [1.165, 1.54) is 33.5 Å². The molecule has 0 aliphatic heterocycles. The van der Waals surface area contributed by atoms with Gasteiger partial charge in [-0.3, -0.25) is 0 Å². The normalized spacial score (nSPS) is 12.1. The van der Waals surface area contributed by atoms with Gasteiger partial charge in [0.1, 0.15) is 5.75 Å². The first-order valence-electron chi connectivity index (χ1n) is 7.41. The van der Waals surface area contributed by atoms with Crippen molar-refractivity contribution in [3.8, 4) is 5.75 Å². The Morgan fingerprint density at radius 1 is 0.905 bits per heavy atom. The summed E-state index contributed by atoms with van der Waals surface area (Å²) in [5, 5.41) is 3.64. The van der Waals surface area contributed by atoms with Gasteiger partial charge in [-0.05, 0) is 57.4 Å². The molecule has 0 fully saturated rings. The van der Waals surface area contributed by atoms with Crippen molar-refractivity contribution < 1.29 is 4.74 Å². The highest BCUT2D eigenvalue weighted by atomic mass is 16.5. The van der Waals surface area contributed by atoms with E-state index in [2.05, 4.69) is 70.3 Å². The Morgan fingerprint density at radius 2 is 1.52 bits per heavy atom. The predicted octanol–water partition coefficient (Wildman–Crippen LogP) is 5.10. The topological polar surface area (TPSA) is 21.3 Å². The van der Waals surface area contributed by atoms with Gasteiger partial charge in [0.15, 0.2) is 0 Å². The Balaban J connectivity index is 2.32. The standard InChI is InChI=1S/C19H25NO/c1-12-7-8-17(18(11-12)21-6)16(5)20-19-14(3)9-13(2)10-15(19)4/h7-11,16,20H,1-6H3. The predicted molar refractivity (Wildman–Crippen MR) is 90.4 cm³/mol. The van der Waals surface area contributed by atoms with E-state index in [1.54, 1.807) is 7.11 Å². The van der Waals surface area contributed by atoms with Crippen LogP contribution in [0.5, 0.6) is 5.75 Å². The number of anilines is 1. The molecule has 0 heterocycles. The van der Waals surface area contributed by atoms with Crippen LogP contribution in [0.4, 0.5) is 5.69 Å². The third-order valence-electron chi connectivity index (χ3n) is 3.89. The van der Waals surface area contributed by atoms with Crippen LogP contribution in [0.1, 0.15) is 40.8 Å². The quantitative estimate of drug-likeness (QED) is 0.842. The molecular weight excluding hydrogens is 258 g/mol. The van der Waals surface area contributed by atoms with Crippen LogP contribution in [0.3, 0.4) is 0 Å². The van der Waals surface area contributed by atoms with Crippen LogP contribution in [-0.4, -0.2) is 7.11 Å². The largest absolute Gasteiger partial charge is 0.496 e. The lowest BCUT2D eigenvalue weighted by atomic mass is 10.0. The van der Waals surface area contributed by atoms with Crippen molar-refractivity contribution >= 4 is 5.69 Å². The fourth-order valence-corrected chi connectivity index (χ4v) is 2.88. The second-order valence-electron chi connectivity index (χ2n) is 5.89. The summed E-state index contributed by atoms with van der Waals surface area (Å²) in [6.07, 6.45) is 0. The molecule has 1 atom stereocenters. The molecule has 0 aromatic heterocycles. The average molecular weight is 283 g/mol. The molecule has 1 N–H and O–H groups in total. The van der Waals surface area contributed by atoms with Crippen molar-refractivity contribution in [2.75, 3.05) is 12.4 Å². The van der Waals surface area contributed by atoms with Gasteiger partial charge in [-0.15, -0.1) is 0 Å². The van der Waals surface area contributed by atoms with E-state index >= 15 is 0 Å². The number of methoxy groups -OCH3 is 1. The van der Waals surface area contributed by atoms with Crippen LogP contribution >= 0.6 is 0 Å². The van der Waals surface area contributed by atoms with Gasteiger partial charge in [-0.1, -0.05) is 29.8 Å². The molecule has 0 bridgehead atoms. The number of hydrogen-bond acceptors (Lipinski definition) is 2. The second kappa shape index (κ2) is 6.21. The lowest BCUT2D eigenvalue weighted by molar-refractivity contribution is 0.407. The first-order valence-corrected chi connectivity index (χ1v) is 7.41. The fourth-order valence-electron chi connectivity index (χ4n) is 2.88. The molecule has 2 aromatic carbocycles. The number of nitrogens with one attached hydrogen (secondary N) is 1. The molecule has 2 nitrogen and oxygen atoms in total. The van der Waals surface area contributed by atoms with Gasteiger partial charge in [0.2, 0.25) is 0 Å². The number of ether oxygens (including phenoxy) is 1. The van der Waals surface area contributed by atoms with Gasteiger partial charge < -0.3 is 10.1 Å². The molecule has 0 radical (unpaired) electrons. The van der Waals surface area contributed by atoms with Gasteiger partial charge in [-0.2, -0.15) is 0 Å². The van der Waals surface area contributed by atoms with Crippen molar-refractivity contribution in [3.63, 3.8) is 0 Å². The van der Waals surface area contributed by atoms with E-state index in [0.29, 0.717) is 0 Å². The molecule has 0 saturated heterocycles. The van der Waals surface area contributed by atoms with Gasteiger partial charge in [0.25, 0.3) is 0 Å². The maximum Gasteiger partial charge on any atom is 0.124 e. The summed E-state index contributed by atoms with van der Waals surface area (Å²) in [5.41, 5.74) is 7.48. The zero-order valence-electron chi connectivity index (χ0n) is 13.9. The molecule has 0 spiro atoms. The lowest BCUT2D eigenvalue weighted by Gasteiger charge is -2.22. The third-order valence-corrected chi connectivity index (χ3v) is 3.89. The van der Waals surface area contributed by atoms with E-state index in [9.17, 15) is 0 Å². The first kappa shape index (κ1) is 15.4. The minimum Gasteiger partial charge on any atom is -0.496 e. The van der Waals surface area contributed by atoms with Crippen LogP contribution in [0.2, 0.25) is 0 Å². The van der Waals surface area contributed by atoms with Gasteiger partial charge >= 0.3 is 0 Å². The Hall–Kier alpha value is -1.96. The Morgan fingerprint density at radius 3 is 2.10 bits per heavy atom. The highest BCUT2D eigenvalue weighted by Crippen LogP contribution is 2.31. The van der Waals surface area contributed by atoms with E-state index in [4.69, 9.17) is 4.74 Å². The highest BCUT2D eigenvalue weighted by Gasteiger charge is 2.13. The van der Waals surface area contributed by atoms with E-state index in [0.717, 1.165) is 5.75 Å². The lowest BCUT2D eigenvalue weighted by Crippen LogP contribution is -2.10. The van der Waals surface area contributed by atoms with E-state index in [-0.39, 0.29) is 6.04 Å². The maximum atomic E-state index is 5.52. The zero-order valence-corrected chi connectivity index (χ0v) is 13.9. The number of aryl methyl sites for hydroxylation is 4. The summed E-state index contributed by atoms with van der Waals surface area (Å²) in [6, 6.07) is 11.0. The molecule has 0 amide bonds. The SMILES string of the molecule is COc1cc(C)ccc1C(C)Nc1c(C)cc(C)cc1C. The van der Waals surface area contributed by atoms with Crippen molar-refractivity contribution in [2.45, 2.75) is 40.7 Å². The molecule has 0 aliphatic carbocycles. The van der Waals surface area contributed by atoms with Crippen molar-refractivity contribution in [3.05, 3.63) is 58.1 Å². The first-order chi connectivity index (χ1) is 9.92. The van der Waals surface area contributed by atoms with Crippen LogP contribution < -0.4 is 10.1 Å². The number of rotatable bonds is 4. The van der Waals surface area contributed by atoms with Gasteiger partial charge in [0, 0.05) is 11.3 Å². The fraction of sp³-hybridized carbons (Fsp3) is 0.368. The maximum absolute atomic E-state index is 5.52. The van der Waals surface area contributed by atoms with E-state index in [1.807, 2.05) is 0 Å². The molecule has 0 saturated carbocycles. The molecule has 112 valence electrons. The number of benzene rings is 2. The van der Waals surface area contributed by atoms with Crippen LogP contribution in [0.25, 0.3) is 0 Å². The van der Waals surface area contributed by atoms with Crippen molar-refractivity contribution in [1.29, 1.82) is 0 Å². The van der Waals surface area contributed by atoms with Crippen molar-refractivity contribution in [2.24, 2.45) is 0 Å². The third kappa shape index (κ3) is 3.38.